The first-order valence-corrected chi connectivity index (χ1v) is 6.82. The second-order valence-corrected chi connectivity index (χ2v) is 5.01. The highest BCUT2D eigenvalue weighted by Crippen LogP contribution is 2.24. The minimum atomic E-state index is 0.0119. The molecule has 2 heterocycles. The normalized spacial score (nSPS) is 12.7. The quantitative estimate of drug-likeness (QED) is 0.789. The van der Waals surface area contributed by atoms with Crippen molar-refractivity contribution in [1.82, 2.24) is 14.8 Å². The number of benzene rings is 1. The van der Waals surface area contributed by atoms with Crippen LogP contribution in [0.25, 0.3) is 10.9 Å². The highest BCUT2D eigenvalue weighted by Gasteiger charge is 2.11. The van der Waals surface area contributed by atoms with Crippen LogP contribution in [0.5, 0.6) is 0 Å². The first kappa shape index (κ1) is 12.8. The van der Waals surface area contributed by atoms with Gasteiger partial charge in [0.1, 0.15) is 0 Å². The first-order valence-electron chi connectivity index (χ1n) is 6.82. The molecule has 4 heteroatoms. The summed E-state index contributed by atoms with van der Waals surface area (Å²) in [4.78, 5) is 4.38. The molecule has 102 valence electrons. The molecular formula is C16H18N4. The van der Waals surface area contributed by atoms with Gasteiger partial charge < -0.3 is 5.73 Å². The van der Waals surface area contributed by atoms with Crippen LogP contribution < -0.4 is 5.73 Å². The number of aromatic nitrogens is 3. The number of aryl methyl sites for hydroxylation is 2. The van der Waals surface area contributed by atoms with E-state index in [1.807, 2.05) is 48.4 Å². The number of rotatable bonds is 4. The third-order valence-electron chi connectivity index (χ3n) is 3.71. The van der Waals surface area contributed by atoms with Crippen molar-refractivity contribution in [3.05, 3.63) is 60.0 Å². The topological polar surface area (TPSA) is 56.7 Å². The number of pyridine rings is 1. The van der Waals surface area contributed by atoms with Crippen molar-refractivity contribution >= 4 is 10.9 Å². The molecule has 0 bridgehead atoms. The smallest absolute Gasteiger partial charge is 0.0705 e. The van der Waals surface area contributed by atoms with Crippen LogP contribution in [-0.2, 0) is 13.5 Å². The lowest BCUT2D eigenvalue weighted by molar-refractivity contribution is 0.616. The van der Waals surface area contributed by atoms with E-state index in [2.05, 4.69) is 22.2 Å². The van der Waals surface area contributed by atoms with Gasteiger partial charge in [0, 0.05) is 36.6 Å². The van der Waals surface area contributed by atoms with E-state index in [1.54, 1.807) is 0 Å². The zero-order chi connectivity index (χ0) is 13.9. The van der Waals surface area contributed by atoms with E-state index in [-0.39, 0.29) is 6.04 Å². The predicted molar refractivity (Wildman–Crippen MR) is 80.2 cm³/mol. The lowest BCUT2D eigenvalue weighted by Gasteiger charge is -2.14. The highest BCUT2D eigenvalue weighted by molar-refractivity contribution is 5.82. The molecule has 0 saturated carbocycles. The van der Waals surface area contributed by atoms with E-state index < -0.39 is 0 Å². The average Bonchev–Trinajstić information content (AvgIpc) is 2.89. The van der Waals surface area contributed by atoms with Crippen molar-refractivity contribution in [2.45, 2.75) is 18.9 Å². The van der Waals surface area contributed by atoms with Crippen LogP contribution in [0.15, 0.2) is 48.8 Å². The van der Waals surface area contributed by atoms with E-state index in [4.69, 9.17) is 5.73 Å². The van der Waals surface area contributed by atoms with Gasteiger partial charge in [-0.1, -0.05) is 18.2 Å². The number of fused-ring (bicyclic) bond motifs is 1. The molecule has 0 aliphatic heterocycles. The summed E-state index contributed by atoms with van der Waals surface area (Å²) in [7, 11) is 1.96. The van der Waals surface area contributed by atoms with Gasteiger partial charge in [-0.05, 0) is 36.6 Å². The van der Waals surface area contributed by atoms with E-state index in [0.717, 1.165) is 29.3 Å². The highest BCUT2D eigenvalue weighted by atomic mass is 15.2. The molecule has 3 rings (SSSR count). The van der Waals surface area contributed by atoms with Gasteiger partial charge in [-0.15, -0.1) is 0 Å². The van der Waals surface area contributed by atoms with Crippen molar-refractivity contribution in [3.63, 3.8) is 0 Å². The maximum Gasteiger partial charge on any atom is 0.0705 e. The van der Waals surface area contributed by atoms with Crippen molar-refractivity contribution in [3.8, 4) is 0 Å². The Balaban J connectivity index is 1.82. The second-order valence-electron chi connectivity index (χ2n) is 5.01. The second kappa shape index (κ2) is 5.43. The van der Waals surface area contributed by atoms with Crippen molar-refractivity contribution in [1.29, 1.82) is 0 Å². The molecule has 2 N–H and O–H groups in total. The van der Waals surface area contributed by atoms with Crippen LogP contribution in [-0.4, -0.2) is 14.8 Å². The predicted octanol–water partition coefficient (Wildman–Crippen LogP) is 2.60. The number of hydrogen-bond acceptors (Lipinski definition) is 3. The SMILES string of the molecule is Cn1nccc1CCC(N)c1cccc2ncccc12. The summed E-state index contributed by atoms with van der Waals surface area (Å²) < 4.78 is 1.90. The lowest BCUT2D eigenvalue weighted by Crippen LogP contribution is -2.13. The summed E-state index contributed by atoms with van der Waals surface area (Å²) in [6.07, 6.45) is 5.46. The summed E-state index contributed by atoms with van der Waals surface area (Å²) in [6, 6.07) is 12.2. The van der Waals surface area contributed by atoms with E-state index in [1.165, 1.54) is 5.69 Å². The van der Waals surface area contributed by atoms with Gasteiger partial charge in [0.05, 0.1) is 5.52 Å². The van der Waals surface area contributed by atoms with Crippen LogP contribution in [0.2, 0.25) is 0 Å². The fourth-order valence-electron chi connectivity index (χ4n) is 2.56. The molecule has 3 aromatic rings. The van der Waals surface area contributed by atoms with Crippen LogP contribution in [0.4, 0.5) is 0 Å². The van der Waals surface area contributed by atoms with Crippen LogP contribution in [0.1, 0.15) is 23.7 Å². The summed E-state index contributed by atoms with van der Waals surface area (Å²) in [5, 5.41) is 5.33. The Morgan fingerprint density at radius 2 is 2.05 bits per heavy atom. The van der Waals surface area contributed by atoms with Gasteiger partial charge in [0.25, 0.3) is 0 Å². The molecule has 1 unspecified atom stereocenters. The van der Waals surface area contributed by atoms with Gasteiger partial charge in [0.15, 0.2) is 0 Å². The van der Waals surface area contributed by atoms with Gasteiger partial charge in [0.2, 0.25) is 0 Å². The average molecular weight is 266 g/mol. The Morgan fingerprint density at radius 3 is 2.85 bits per heavy atom. The molecule has 0 spiro atoms. The monoisotopic (exact) mass is 266 g/mol. The van der Waals surface area contributed by atoms with Crippen molar-refractivity contribution < 1.29 is 0 Å². The molecule has 2 aromatic heterocycles. The van der Waals surface area contributed by atoms with Crippen LogP contribution >= 0.6 is 0 Å². The number of nitrogens with zero attached hydrogens (tertiary/aromatic N) is 3. The van der Waals surface area contributed by atoms with E-state index in [0.29, 0.717) is 0 Å². The zero-order valence-corrected chi connectivity index (χ0v) is 11.5. The third kappa shape index (κ3) is 2.42. The fraction of sp³-hybridized carbons (Fsp3) is 0.250. The maximum atomic E-state index is 6.37. The molecule has 20 heavy (non-hydrogen) atoms. The minimum absolute atomic E-state index is 0.0119. The molecule has 1 aromatic carbocycles. The standard InChI is InChI=1S/C16H18N4/c1-20-12(9-11-19-20)7-8-15(17)13-4-2-6-16-14(13)5-3-10-18-16/h2-6,9-11,15H,7-8,17H2,1H3. The van der Waals surface area contributed by atoms with Crippen molar-refractivity contribution in [2.24, 2.45) is 12.8 Å². The Bertz CT molecular complexity index is 712. The Labute approximate surface area is 118 Å². The van der Waals surface area contributed by atoms with Crippen LogP contribution in [0.3, 0.4) is 0 Å². The largest absolute Gasteiger partial charge is 0.324 e. The van der Waals surface area contributed by atoms with Gasteiger partial charge in [-0.25, -0.2) is 0 Å². The molecule has 0 aliphatic rings. The Kier molecular flexibility index (Phi) is 3.48. The van der Waals surface area contributed by atoms with E-state index >= 15 is 0 Å². The third-order valence-corrected chi connectivity index (χ3v) is 3.71. The molecule has 1 atom stereocenters. The Morgan fingerprint density at radius 1 is 1.15 bits per heavy atom. The van der Waals surface area contributed by atoms with Gasteiger partial charge in [-0.3, -0.25) is 9.67 Å². The zero-order valence-electron chi connectivity index (χ0n) is 11.5. The van der Waals surface area contributed by atoms with Crippen LogP contribution in [0, 0.1) is 0 Å². The Hall–Kier alpha value is -2.20. The maximum absolute atomic E-state index is 6.37. The number of hydrogen-bond donors (Lipinski definition) is 1. The summed E-state index contributed by atoms with van der Waals surface area (Å²) in [5.41, 5.74) is 9.74. The lowest BCUT2D eigenvalue weighted by atomic mass is 9.98. The minimum Gasteiger partial charge on any atom is -0.324 e. The molecule has 0 fully saturated rings. The molecule has 0 radical (unpaired) electrons. The molecule has 0 aliphatic carbocycles. The fourth-order valence-corrected chi connectivity index (χ4v) is 2.56. The molecule has 0 amide bonds. The van der Waals surface area contributed by atoms with Crippen molar-refractivity contribution in [2.75, 3.05) is 0 Å². The first-order chi connectivity index (χ1) is 9.75. The van der Waals surface area contributed by atoms with E-state index in [9.17, 15) is 0 Å². The summed E-state index contributed by atoms with van der Waals surface area (Å²) >= 11 is 0. The number of nitrogens with two attached hydrogens (primary N) is 1. The molecule has 0 saturated heterocycles. The summed E-state index contributed by atoms with van der Waals surface area (Å²) in [5.74, 6) is 0. The summed E-state index contributed by atoms with van der Waals surface area (Å²) in [6.45, 7) is 0. The molecular weight excluding hydrogens is 248 g/mol. The van der Waals surface area contributed by atoms with Gasteiger partial charge >= 0.3 is 0 Å². The molecule has 4 nitrogen and oxygen atoms in total. The van der Waals surface area contributed by atoms with Gasteiger partial charge in [-0.2, -0.15) is 5.10 Å².